The van der Waals surface area contributed by atoms with Crippen LogP contribution >= 0.6 is 0 Å². The van der Waals surface area contributed by atoms with Crippen LogP contribution in [0, 0.1) is 5.92 Å². The number of nitrogens with one attached hydrogen (secondary N) is 1. The predicted octanol–water partition coefficient (Wildman–Crippen LogP) is 0.886. The first-order chi connectivity index (χ1) is 5.75. The first-order valence-corrected chi connectivity index (χ1v) is 4.73. The second-order valence-corrected chi connectivity index (χ2v) is 2.82. The minimum absolute atomic E-state index is 0.0741. The number of carbonyl (C=O) groups excluding carboxylic acids is 1. The number of amides is 1. The lowest BCUT2D eigenvalue weighted by Crippen LogP contribution is -2.36. The molecule has 0 saturated heterocycles. The van der Waals surface area contributed by atoms with Gasteiger partial charge in [-0.15, -0.1) is 0 Å². The largest absolute Gasteiger partial charge is 0.359 e. The third-order valence-electron chi connectivity index (χ3n) is 2.15. The van der Waals surface area contributed by atoms with E-state index >= 15 is 0 Å². The Bertz CT molecular complexity index is 136. The van der Waals surface area contributed by atoms with E-state index in [2.05, 4.69) is 5.32 Å². The van der Waals surface area contributed by atoms with E-state index in [4.69, 9.17) is 5.73 Å². The Balaban J connectivity index is 0.000000561. The summed E-state index contributed by atoms with van der Waals surface area (Å²) in [5.74, 6) is 0.176. The normalized spacial score (nSPS) is 27.3. The molecule has 0 aromatic heterocycles. The molecule has 72 valence electrons. The van der Waals surface area contributed by atoms with Crippen molar-refractivity contribution >= 4 is 5.91 Å². The fourth-order valence-electron chi connectivity index (χ4n) is 1.50. The first-order valence-electron chi connectivity index (χ1n) is 4.73. The van der Waals surface area contributed by atoms with Gasteiger partial charge >= 0.3 is 0 Å². The zero-order valence-corrected chi connectivity index (χ0v) is 8.26. The Hall–Kier alpha value is -0.570. The van der Waals surface area contributed by atoms with Crippen LogP contribution in [0.5, 0.6) is 0 Å². The standard InChI is InChI=1S/C7H14N2O.C2H6/c1-9-7(10)5-3-2-4-6(5)8;1-2/h5-6H,2-4,8H2,1H3,(H,9,10);1-2H3. The number of hydrogen-bond acceptors (Lipinski definition) is 2. The maximum absolute atomic E-state index is 11.0. The average Bonchev–Trinajstić information content (AvgIpc) is 2.54. The summed E-state index contributed by atoms with van der Waals surface area (Å²) < 4.78 is 0. The highest BCUT2D eigenvalue weighted by Crippen LogP contribution is 2.23. The second-order valence-electron chi connectivity index (χ2n) is 2.82. The minimum atomic E-state index is 0.0741. The van der Waals surface area contributed by atoms with E-state index in [0.717, 1.165) is 19.3 Å². The van der Waals surface area contributed by atoms with Crippen molar-refractivity contribution < 1.29 is 4.79 Å². The number of rotatable bonds is 1. The van der Waals surface area contributed by atoms with Crippen LogP contribution in [0.2, 0.25) is 0 Å². The maximum Gasteiger partial charge on any atom is 0.224 e. The Morgan fingerprint density at radius 1 is 1.42 bits per heavy atom. The van der Waals surface area contributed by atoms with Gasteiger partial charge in [0.25, 0.3) is 0 Å². The third kappa shape index (κ3) is 2.81. The van der Waals surface area contributed by atoms with Gasteiger partial charge in [-0.3, -0.25) is 4.79 Å². The molecule has 0 spiro atoms. The van der Waals surface area contributed by atoms with Gasteiger partial charge in [0.1, 0.15) is 0 Å². The smallest absolute Gasteiger partial charge is 0.224 e. The van der Waals surface area contributed by atoms with Gasteiger partial charge < -0.3 is 11.1 Å². The summed E-state index contributed by atoms with van der Waals surface area (Å²) in [6.45, 7) is 4.00. The summed E-state index contributed by atoms with van der Waals surface area (Å²) in [4.78, 5) is 11.0. The SMILES string of the molecule is CC.CNC(=O)C1CCCC1N. The van der Waals surface area contributed by atoms with Crippen molar-refractivity contribution in [3.8, 4) is 0 Å². The molecule has 1 aliphatic rings. The molecule has 0 aromatic rings. The van der Waals surface area contributed by atoms with Crippen LogP contribution in [0.1, 0.15) is 33.1 Å². The quantitative estimate of drug-likeness (QED) is 0.617. The summed E-state index contributed by atoms with van der Waals surface area (Å²) in [6.07, 6.45) is 3.05. The zero-order valence-electron chi connectivity index (χ0n) is 8.26. The molecule has 2 unspecified atom stereocenters. The number of carbonyl (C=O) groups is 1. The third-order valence-corrected chi connectivity index (χ3v) is 2.15. The van der Waals surface area contributed by atoms with Crippen LogP contribution in [-0.2, 0) is 4.79 Å². The molecular formula is C9H20N2O. The molecule has 3 N–H and O–H groups in total. The van der Waals surface area contributed by atoms with Gasteiger partial charge in [-0.1, -0.05) is 20.3 Å². The Kier molecular flexibility index (Phi) is 5.72. The van der Waals surface area contributed by atoms with E-state index in [9.17, 15) is 4.79 Å². The molecule has 12 heavy (non-hydrogen) atoms. The molecule has 0 aromatic carbocycles. The number of hydrogen-bond donors (Lipinski definition) is 2. The van der Waals surface area contributed by atoms with Crippen molar-refractivity contribution in [1.29, 1.82) is 0 Å². The topological polar surface area (TPSA) is 55.1 Å². The molecule has 3 nitrogen and oxygen atoms in total. The van der Waals surface area contributed by atoms with Crippen LogP contribution in [0.3, 0.4) is 0 Å². The molecule has 3 heteroatoms. The van der Waals surface area contributed by atoms with Crippen LogP contribution in [0.4, 0.5) is 0 Å². The molecule has 0 radical (unpaired) electrons. The molecule has 2 atom stereocenters. The minimum Gasteiger partial charge on any atom is -0.359 e. The highest BCUT2D eigenvalue weighted by molar-refractivity contribution is 5.79. The number of nitrogens with two attached hydrogens (primary N) is 1. The van der Waals surface area contributed by atoms with Crippen LogP contribution < -0.4 is 11.1 Å². The molecule has 0 heterocycles. The molecule has 1 amide bonds. The van der Waals surface area contributed by atoms with Crippen LogP contribution in [-0.4, -0.2) is 19.0 Å². The lowest BCUT2D eigenvalue weighted by atomic mass is 10.0. The highest BCUT2D eigenvalue weighted by atomic mass is 16.1. The maximum atomic E-state index is 11.0. The lowest BCUT2D eigenvalue weighted by molar-refractivity contribution is -0.124. The fraction of sp³-hybridized carbons (Fsp3) is 0.889. The predicted molar refractivity (Wildman–Crippen MR) is 50.7 cm³/mol. The van der Waals surface area contributed by atoms with Gasteiger partial charge in [0.2, 0.25) is 5.91 Å². The van der Waals surface area contributed by atoms with Crippen molar-refractivity contribution in [2.75, 3.05) is 7.05 Å². The fourth-order valence-corrected chi connectivity index (χ4v) is 1.50. The molecule has 0 bridgehead atoms. The first kappa shape index (κ1) is 11.4. The van der Waals surface area contributed by atoms with Gasteiger partial charge in [0.15, 0.2) is 0 Å². The monoisotopic (exact) mass is 172 g/mol. The molecule has 1 aliphatic carbocycles. The van der Waals surface area contributed by atoms with E-state index < -0.39 is 0 Å². The summed E-state index contributed by atoms with van der Waals surface area (Å²) in [6, 6.07) is 0.0972. The Morgan fingerprint density at radius 2 is 2.00 bits per heavy atom. The van der Waals surface area contributed by atoms with Crippen molar-refractivity contribution in [2.24, 2.45) is 11.7 Å². The van der Waals surface area contributed by atoms with Gasteiger partial charge in [-0.2, -0.15) is 0 Å². The summed E-state index contributed by atoms with van der Waals surface area (Å²) >= 11 is 0. The van der Waals surface area contributed by atoms with Gasteiger partial charge in [0, 0.05) is 13.1 Å². The molecule has 1 rings (SSSR count). The lowest BCUT2D eigenvalue weighted by Gasteiger charge is -2.12. The molecule has 1 saturated carbocycles. The van der Waals surface area contributed by atoms with E-state index in [1.165, 1.54) is 0 Å². The average molecular weight is 172 g/mol. The van der Waals surface area contributed by atoms with E-state index in [0.29, 0.717) is 0 Å². The van der Waals surface area contributed by atoms with Crippen molar-refractivity contribution in [2.45, 2.75) is 39.2 Å². The second kappa shape index (κ2) is 6.00. The molecule has 0 aliphatic heterocycles. The van der Waals surface area contributed by atoms with Crippen molar-refractivity contribution in [3.05, 3.63) is 0 Å². The van der Waals surface area contributed by atoms with Gasteiger partial charge in [-0.05, 0) is 12.8 Å². The Morgan fingerprint density at radius 3 is 2.33 bits per heavy atom. The molecule has 1 fully saturated rings. The van der Waals surface area contributed by atoms with E-state index in [1.54, 1.807) is 7.05 Å². The van der Waals surface area contributed by atoms with Crippen molar-refractivity contribution in [3.63, 3.8) is 0 Å². The Labute approximate surface area is 74.7 Å². The zero-order chi connectivity index (χ0) is 9.56. The summed E-state index contributed by atoms with van der Waals surface area (Å²) in [5, 5.41) is 2.62. The van der Waals surface area contributed by atoms with E-state index in [1.807, 2.05) is 13.8 Å². The molecular weight excluding hydrogens is 152 g/mol. The van der Waals surface area contributed by atoms with Crippen LogP contribution in [0.15, 0.2) is 0 Å². The van der Waals surface area contributed by atoms with Crippen molar-refractivity contribution in [1.82, 2.24) is 5.32 Å². The summed E-state index contributed by atoms with van der Waals surface area (Å²) in [7, 11) is 1.66. The highest BCUT2D eigenvalue weighted by Gasteiger charge is 2.29. The van der Waals surface area contributed by atoms with Gasteiger partial charge in [-0.25, -0.2) is 0 Å². The van der Waals surface area contributed by atoms with Gasteiger partial charge in [0.05, 0.1) is 5.92 Å². The van der Waals surface area contributed by atoms with E-state index in [-0.39, 0.29) is 17.9 Å². The summed E-state index contributed by atoms with van der Waals surface area (Å²) in [5.41, 5.74) is 5.69. The van der Waals surface area contributed by atoms with Crippen LogP contribution in [0.25, 0.3) is 0 Å².